The Labute approximate surface area is 169 Å². The van der Waals surface area contributed by atoms with Crippen LogP contribution in [0, 0.1) is 12.7 Å². The average Bonchev–Trinajstić information content (AvgIpc) is 2.90. The van der Waals surface area contributed by atoms with Crippen molar-refractivity contribution in [1.82, 2.24) is 24.5 Å². The number of carbonyl (C=O) groups is 2. The Kier molecular flexibility index (Phi) is 5.36. The summed E-state index contributed by atoms with van der Waals surface area (Å²) in [6, 6.07) is 7.87. The van der Waals surface area contributed by atoms with E-state index >= 15 is 0 Å². The quantitative estimate of drug-likeness (QED) is 0.783. The molecule has 1 aromatic heterocycles. The third-order valence-corrected chi connectivity index (χ3v) is 5.82. The summed E-state index contributed by atoms with van der Waals surface area (Å²) in [5.74, 6) is -0.225. The molecule has 8 heteroatoms. The van der Waals surface area contributed by atoms with Crippen molar-refractivity contribution in [3.05, 3.63) is 53.1 Å². The number of fused-ring (bicyclic) bond motifs is 1. The van der Waals surface area contributed by atoms with E-state index in [2.05, 4.69) is 10.00 Å². The van der Waals surface area contributed by atoms with Gasteiger partial charge < -0.3 is 9.80 Å². The number of aromatic nitrogens is 2. The zero-order valence-corrected chi connectivity index (χ0v) is 16.8. The van der Waals surface area contributed by atoms with Crippen LogP contribution >= 0.6 is 0 Å². The number of amides is 2. The van der Waals surface area contributed by atoms with Crippen LogP contribution in [0.5, 0.6) is 0 Å². The second-order valence-electron chi connectivity index (χ2n) is 7.81. The van der Waals surface area contributed by atoms with E-state index in [1.54, 1.807) is 29.9 Å². The van der Waals surface area contributed by atoms with Crippen molar-refractivity contribution in [3.63, 3.8) is 0 Å². The maximum Gasteiger partial charge on any atom is 0.272 e. The lowest BCUT2D eigenvalue weighted by Crippen LogP contribution is -2.56. The van der Waals surface area contributed by atoms with Crippen LogP contribution in [-0.4, -0.2) is 75.1 Å². The summed E-state index contributed by atoms with van der Waals surface area (Å²) in [5, 5.41) is 4.26. The van der Waals surface area contributed by atoms with Crippen LogP contribution in [0.3, 0.4) is 0 Å². The maximum absolute atomic E-state index is 13.1. The number of nitrogens with zero attached hydrogens (tertiary/aromatic N) is 5. The molecule has 3 heterocycles. The summed E-state index contributed by atoms with van der Waals surface area (Å²) in [7, 11) is 1.78. The molecule has 4 rings (SSSR count). The summed E-state index contributed by atoms with van der Waals surface area (Å²) in [5.41, 5.74) is 2.31. The molecule has 7 nitrogen and oxygen atoms in total. The Morgan fingerprint density at radius 3 is 2.55 bits per heavy atom. The van der Waals surface area contributed by atoms with Crippen LogP contribution in [0.25, 0.3) is 0 Å². The van der Waals surface area contributed by atoms with Gasteiger partial charge in [0.15, 0.2) is 0 Å². The first kappa shape index (κ1) is 19.6. The van der Waals surface area contributed by atoms with E-state index in [-0.39, 0.29) is 23.7 Å². The molecule has 2 saturated heterocycles. The monoisotopic (exact) mass is 399 g/mol. The Morgan fingerprint density at radius 1 is 1.14 bits per heavy atom. The topological polar surface area (TPSA) is 61.7 Å². The van der Waals surface area contributed by atoms with Gasteiger partial charge in [-0.15, -0.1) is 0 Å². The highest BCUT2D eigenvalue weighted by Gasteiger charge is 2.37. The lowest BCUT2D eigenvalue weighted by atomic mass is 10.1. The molecule has 154 valence electrons. The van der Waals surface area contributed by atoms with Crippen molar-refractivity contribution < 1.29 is 14.0 Å². The van der Waals surface area contributed by atoms with Gasteiger partial charge in [0.1, 0.15) is 11.5 Å². The highest BCUT2D eigenvalue weighted by atomic mass is 19.1. The molecular formula is C21H26FN5O2. The molecule has 0 saturated carbocycles. The third-order valence-electron chi connectivity index (χ3n) is 5.82. The van der Waals surface area contributed by atoms with Crippen LogP contribution in [-0.2, 0) is 18.4 Å². The van der Waals surface area contributed by atoms with Gasteiger partial charge >= 0.3 is 0 Å². The first-order chi connectivity index (χ1) is 13.9. The van der Waals surface area contributed by atoms with E-state index in [0.717, 1.165) is 17.8 Å². The van der Waals surface area contributed by atoms with Gasteiger partial charge in [-0.2, -0.15) is 5.10 Å². The third kappa shape index (κ3) is 4.03. The molecule has 1 atom stereocenters. The maximum atomic E-state index is 13.1. The SMILES string of the molecule is Cc1cc(C(=O)N2CCC3C(=O)N(Cc4ccc(F)cc4)CCN3CC2)n(C)n1. The zero-order valence-electron chi connectivity index (χ0n) is 16.8. The number of benzene rings is 1. The number of hydrogen-bond donors (Lipinski definition) is 0. The molecule has 0 N–H and O–H groups in total. The summed E-state index contributed by atoms with van der Waals surface area (Å²) in [6.45, 7) is 5.61. The largest absolute Gasteiger partial charge is 0.336 e. The molecule has 0 bridgehead atoms. The lowest BCUT2D eigenvalue weighted by molar-refractivity contribution is -0.142. The van der Waals surface area contributed by atoms with E-state index in [4.69, 9.17) is 0 Å². The molecule has 1 unspecified atom stereocenters. The number of rotatable bonds is 3. The smallest absolute Gasteiger partial charge is 0.272 e. The molecule has 2 amide bonds. The van der Waals surface area contributed by atoms with Gasteiger partial charge in [-0.1, -0.05) is 12.1 Å². The van der Waals surface area contributed by atoms with Crippen LogP contribution in [0.1, 0.15) is 28.2 Å². The molecule has 0 spiro atoms. The molecule has 0 aliphatic carbocycles. The van der Waals surface area contributed by atoms with Crippen LogP contribution < -0.4 is 0 Å². The van der Waals surface area contributed by atoms with Gasteiger partial charge in [-0.25, -0.2) is 4.39 Å². The normalized spacial score (nSPS) is 20.5. The van der Waals surface area contributed by atoms with E-state index < -0.39 is 0 Å². The van der Waals surface area contributed by atoms with Gasteiger partial charge in [0.05, 0.1) is 11.7 Å². The van der Waals surface area contributed by atoms with Gasteiger partial charge in [-0.3, -0.25) is 19.2 Å². The zero-order chi connectivity index (χ0) is 20.5. The van der Waals surface area contributed by atoms with E-state index in [1.807, 2.05) is 16.7 Å². The molecule has 1 aromatic carbocycles. The van der Waals surface area contributed by atoms with E-state index in [1.165, 1.54) is 12.1 Å². The average molecular weight is 399 g/mol. The minimum atomic E-state index is -0.276. The standard InChI is InChI=1S/C21H26FN5O2/c1-15-13-19(24(2)23-15)21(29)26-8-7-18-20(28)27(12-10-25(18)9-11-26)14-16-3-5-17(22)6-4-16/h3-6,13,18H,7-12,14H2,1-2H3. The Balaban J connectivity index is 1.43. The molecule has 2 aromatic rings. The first-order valence-electron chi connectivity index (χ1n) is 9.99. The number of piperazine rings is 1. The molecule has 29 heavy (non-hydrogen) atoms. The Bertz CT molecular complexity index is 910. The molecular weight excluding hydrogens is 373 g/mol. The number of hydrogen-bond acceptors (Lipinski definition) is 4. The molecule has 0 radical (unpaired) electrons. The van der Waals surface area contributed by atoms with Gasteiger partial charge in [0.25, 0.3) is 5.91 Å². The van der Waals surface area contributed by atoms with Crippen molar-refractivity contribution in [2.45, 2.75) is 25.9 Å². The predicted octanol–water partition coefficient (Wildman–Crippen LogP) is 1.43. The molecule has 2 aliphatic rings. The fourth-order valence-corrected chi connectivity index (χ4v) is 4.24. The number of halogens is 1. The number of aryl methyl sites for hydroxylation is 2. The Morgan fingerprint density at radius 2 is 1.86 bits per heavy atom. The van der Waals surface area contributed by atoms with E-state index in [9.17, 15) is 14.0 Å². The van der Waals surface area contributed by atoms with Crippen LogP contribution in [0.4, 0.5) is 4.39 Å². The van der Waals surface area contributed by atoms with Crippen molar-refractivity contribution >= 4 is 11.8 Å². The highest BCUT2D eigenvalue weighted by molar-refractivity contribution is 5.93. The Hall–Kier alpha value is -2.74. The highest BCUT2D eigenvalue weighted by Crippen LogP contribution is 2.21. The van der Waals surface area contributed by atoms with Crippen LogP contribution in [0.15, 0.2) is 30.3 Å². The summed E-state index contributed by atoms with van der Waals surface area (Å²) in [6.07, 6.45) is 0.612. The second-order valence-corrected chi connectivity index (χ2v) is 7.81. The summed E-state index contributed by atoms with van der Waals surface area (Å²) < 4.78 is 14.8. The van der Waals surface area contributed by atoms with Crippen molar-refractivity contribution in [2.24, 2.45) is 7.05 Å². The van der Waals surface area contributed by atoms with Gasteiger partial charge in [0.2, 0.25) is 5.91 Å². The predicted molar refractivity (Wildman–Crippen MR) is 106 cm³/mol. The van der Waals surface area contributed by atoms with Crippen molar-refractivity contribution in [3.8, 4) is 0 Å². The van der Waals surface area contributed by atoms with Crippen molar-refractivity contribution in [1.29, 1.82) is 0 Å². The summed E-state index contributed by atoms with van der Waals surface area (Å²) in [4.78, 5) is 31.9. The van der Waals surface area contributed by atoms with Gasteiger partial charge in [-0.05, 0) is 37.1 Å². The molecule has 2 fully saturated rings. The van der Waals surface area contributed by atoms with Gasteiger partial charge in [0, 0.05) is 46.3 Å². The summed E-state index contributed by atoms with van der Waals surface area (Å²) >= 11 is 0. The first-order valence-corrected chi connectivity index (χ1v) is 9.99. The van der Waals surface area contributed by atoms with E-state index in [0.29, 0.717) is 44.8 Å². The minimum Gasteiger partial charge on any atom is -0.336 e. The number of carbonyl (C=O) groups excluding carboxylic acids is 2. The minimum absolute atomic E-state index is 0.0384. The molecule has 2 aliphatic heterocycles. The fraction of sp³-hybridized carbons (Fsp3) is 0.476. The van der Waals surface area contributed by atoms with Crippen molar-refractivity contribution in [2.75, 3.05) is 32.7 Å². The fourth-order valence-electron chi connectivity index (χ4n) is 4.24. The lowest BCUT2D eigenvalue weighted by Gasteiger charge is -2.39. The second kappa shape index (κ2) is 7.94. The van der Waals surface area contributed by atoms with Crippen LogP contribution in [0.2, 0.25) is 0 Å².